The van der Waals surface area contributed by atoms with Gasteiger partial charge < -0.3 is 4.74 Å². The third-order valence-electron chi connectivity index (χ3n) is 2.42. The predicted molar refractivity (Wildman–Crippen MR) is 74.6 cm³/mol. The second-order valence-corrected chi connectivity index (χ2v) is 5.06. The van der Waals surface area contributed by atoms with Crippen LogP contribution in [0.25, 0.3) is 0 Å². The molecule has 0 radical (unpaired) electrons. The van der Waals surface area contributed by atoms with Crippen LogP contribution in [0.2, 0.25) is 5.02 Å². The van der Waals surface area contributed by atoms with Gasteiger partial charge in [-0.25, -0.2) is 4.39 Å². The van der Waals surface area contributed by atoms with E-state index in [1.165, 1.54) is 18.2 Å². The van der Waals surface area contributed by atoms with Crippen LogP contribution in [0.1, 0.15) is 11.1 Å². The number of rotatable bonds is 3. The maximum atomic E-state index is 12.8. The zero-order valence-electron chi connectivity index (χ0n) is 9.66. The standard InChI is InChI=1S/C14H8BrClFNO/c15-12-5-10(7-18)6-13(16)14(12)19-8-9-1-3-11(17)4-2-9/h1-6H,8H2. The number of hydrogen-bond acceptors (Lipinski definition) is 2. The molecule has 0 heterocycles. The predicted octanol–water partition coefficient (Wildman–Crippen LogP) is 4.69. The number of halogens is 3. The molecule has 0 unspecified atom stereocenters. The van der Waals surface area contributed by atoms with Gasteiger partial charge in [-0.1, -0.05) is 23.7 Å². The summed E-state index contributed by atoms with van der Waals surface area (Å²) in [5.41, 5.74) is 1.28. The third kappa shape index (κ3) is 3.46. The van der Waals surface area contributed by atoms with Gasteiger partial charge in [0.25, 0.3) is 0 Å². The quantitative estimate of drug-likeness (QED) is 0.812. The van der Waals surface area contributed by atoms with Crippen molar-refractivity contribution in [3.8, 4) is 11.8 Å². The minimum absolute atomic E-state index is 0.268. The van der Waals surface area contributed by atoms with Crippen molar-refractivity contribution >= 4 is 27.5 Å². The molecule has 5 heteroatoms. The highest BCUT2D eigenvalue weighted by Crippen LogP contribution is 2.34. The summed E-state index contributed by atoms with van der Waals surface area (Å²) in [7, 11) is 0. The van der Waals surface area contributed by atoms with Crippen molar-refractivity contribution in [1.29, 1.82) is 5.26 Å². The van der Waals surface area contributed by atoms with E-state index in [0.717, 1.165) is 5.56 Å². The molecule has 0 bridgehead atoms. The molecule has 0 atom stereocenters. The summed E-state index contributed by atoms with van der Waals surface area (Å²) >= 11 is 9.34. The number of benzene rings is 2. The van der Waals surface area contributed by atoms with Crippen molar-refractivity contribution in [1.82, 2.24) is 0 Å². The normalized spacial score (nSPS) is 10.0. The lowest BCUT2D eigenvalue weighted by Crippen LogP contribution is -1.97. The van der Waals surface area contributed by atoms with E-state index in [2.05, 4.69) is 15.9 Å². The van der Waals surface area contributed by atoms with Crippen LogP contribution in [-0.2, 0) is 6.61 Å². The SMILES string of the molecule is N#Cc1cc(Cl)c(OCc2ccc(F)cc2)c(Br)c1. The van der Waals surface area contributed by atoms with Crippen molar-refractivity contribution in [3.63, 3.8) is 0 Å². The highest BCUT2D eigenvalue weighted by Gasteiger charge is 2.09. The summed E-state index contributed by atoms with van der Waals surface area (Å²) < 4.78 is 19.0. The van der Waals surface area contributed by atoms with Gasteiger partial charge in [-0.05, 0) is 45.8 Å². The molecule has 0 aliphatic rings. The molecule has 96 valence electrons. The number of hydrogen-bond donors (Lipinski definition) is 0. The molecule has 0 N–H and O–H groups in total. The topological polar surface area (TPSA) is 33.0 Å². The molecule has 0 aromatic heterocycles. The maximum Gasteiger partial charge on any atom is 0.152 e. The van der Waals surface area contributed by atoms with Gasteiger partial charge in [-0.15, -0.1) is 0 Å². The molecule has 2 aromatic rings. The average molecular weight is 341 g/mol. The smallest absolute Gasteiger partial charge is 0.152 e. The van der Waals surface area contributed by atoms with Crippen LogP contribution < -0.4 is 4.74 Å². The van der Waals surface area contributed by atoms with Crippen LogP contribution in [0.15, 0.2) is 40.9 Å². The van der Waals surface area contributed by atoms with Gasteiger partial charge in [-0.3, -0.25) is 0 Å². The van der Waals surface area contributed by atoms with E-state index in [0.29, 0.717) is 20.8 Å². The van der Waals surface area contributed by atoms with E-state index in [-0.39, 0.29) is 12.4 Å². The van der Waals surface area contributed by atoms with E-state index in [4.69, 9.17) is 21.6 Å². The lowest BCUT2D eigenvalue weighted by atomic mass is 10.2. The Hall–Kier alpha value is -1.57. The minimum Gasteiger partial charge on any atom is -0.486 e. The fraction of sp³-hybridized carbons (Fsp3) is 0.0714. The van der Waals surface area contributed by atoms with Crippen molar-refractivity contribution < 1.29 is 9.13 Å². The Morgan fingerprint density at radius 2 is 1.95 bits per heavy atom. The van der Waals surface area contributed by atoms with Crippen LogP contribution in [-0.4, -0.2) is 0 Å². The van der Waals surface area contributed by atoms with Gasteiger partial charge in [0.1, 0.15) is 12.4 Å². The first-order valence-electron chi connectivity index (χ1n) is 5.36. The molecule has 2 nitrogen and oxygen atoms in total. The molecule has 0 fully saturated rings. The highest BCUT2D eigenvalue weighted by atomic mass is 79.9. The zero-order valence-corrected chi connectivity index (χ0v) is 12.0. The van der Waals surface area contributed by atoms with Gasteiger partial charge in [0.2, 0.25) is 0 Å². The van der Waals surface area contributed by atoms with Gasteiger partial charge in [0.15, 0.2) is 5.75 Å². The number of nitriles is 1. The van der Waals surface area contributed by atoms with E-state index >= 15 is 0 Å². The van der Waals surface area contributed by atoms with E-state index in [9.17, 15) is 4.39 Å². The molecule has 0 spiro atoms. The summed E-state index contributed by atoms with van der Waals surface area (Å²) in [6, 6.07) is 11.2. The Labute approximate surface area is 123 Å². The summed E-state index contributed by atoms with van der Waals surface area (Å²) in [6.45, 7) is 0.268. The molecule has 0 saturated carbocycles. The lowest BCUT2D eigenvalue weighted by molar-refractivity contribution is 0.304. The van der Waals surface area contributed by atoms with E-state index < -0.39 is 0 Å². The van der Waals surface area contributed by atoms with Crippen LogP contribution >= 0.6 is 27.5 Å². The summed E-state index contributed by atoms with van der Waals surface area (Å²) in [5, 5.41) is 9.16. The molecule has 2 aromatic carbocycles. The highest BCUT2D eigenvalue weighted by molar-refractivity contribution is 9.10. The first-order chi connectivity index (χ1) is 9.10. The van der Waals surface area contributed by atoms with Crippen LogP contribution in [0.3, 0.4) is 0 Å². The van der Waals surface area contributed by atoms with E-state index in [1.54, 1.807) is 18.2 Å². The monoisotopic (exact) mass is 339 g/mol. The van der Waals surface area contributed by atoms with Crippen molar-refractivity contribution in [3.05, 3.63) is 62.8 Å². The largest absolute Gasteiger partial charge is 0.486 e. The fourth-order valence-corrected chi connectivity index (χ4v) is 2.46. The van der Waals surface area contributed by atoms with Gasteiger partial charge in [0.05, 0.1) is 21.1 Å². The van der Waals surface area contributed by atoms with Crippen molar-refractivity contribution in [2.75, 3.05) is 0 Å². The molecule has 0 aliphatic carbocycles. The van der Waals surface area contributed by atoms with Crippen molar-refractivity contribution in [2.45, 2.75) is 6.61 Å². The van der Waals surface area contributed by atoms with Crippen LogP contribution in [0.4, 0.5) is 4.39 Å². The molecule has 0 amide bonds. The zero-order chi connectivity index (χ0) is 13.8. The molecular weight excluding hydrogens is 333 g/mol. The van der Waals surface area contributed by atoms with Crippen LogP contribution in [0, 0.1) is 17.1 Å². The molecule has 0 saturated heterocycles. The Morgan fingerprint density at radius 3 is 2.53 bits per heavy atom. The van der Waals surface area contributed by atoms with Gasteiger partial charge in [0, 0.05) is 0 Å². The van der Waals surface area contributed by atoms with E-state index in [1.807, 2.05) is 6.07 Å². The Balaban J connectivity index is 2.16. The molecular formula is C14H8BrClFNO. The minimum atomic E-state index is -0.290. The van der Waals surface area contributed by atoms with Crippen LogP contribution in [0.5, 0.6) is 5.75 Å². The van der Waals surface area contributed by atoms with Gasteiger partial charge >= 0.3 is 0 Å². The first-order valence-corrected chi connectivity index (χ1v) is 6.53. The Bertz CT molecular complexity index is 614. The summed E-state index contributed by atoms with van der Waals surface area (Å²) in [6.07, 6.45) is 0. The molecule has 0 aliphatic heterocycles. The molecule has 2 rings (SSSR count). The lowest BCUT2D eigenvalue weighted by Gasteiger charge is -2.10. The van der Waals surface area contributed by atoms with Crippen molar-refractivity contribution in [2.24, 2.45) is 0 Å². The third-order valence-corrected chi connectivity index (χ3v) is 3.29. The second-order valence-electron chi connectivity index (χ2n) is 3.80. The number of nitrogens with zero attached hydrogens (tertiary/aromatic N) is 1. The first kappa shape index (κ1) is 13.9. The Kier molecular flexibility index (Phi) is 4.41. The summed E-state index contributed by atoms with van der Waals surface area (Å²) in [5.74, 6) is 0.173. The second kappa shape index (κ2) is 6.05. The maximum absolute atomic E-state index is 12.8. The summed E-state index contributed by atoms with van der Waals surface area (Å²) in [4.78, 5) is 0. The van der Waals surface area contributed by atoms with Gasteiger partial charge in [-0.2, -0.15) is 5.26 Å². The average Bonchev–Trinajstić information content (AvgIpc) is 2.39. The molecule has 19 heavy (non-hydrogen) atoms. The fourth-order valence-electron chi connectivity index (χ4n) is 1.50. The Morgan fingerprint density at radius 1 is 1.26 bits per heavy atom. The number of ether oxygens (including phenoxy) is 1.